The van der Waals surface area contributed by atoms with Crippen LogP contribution in [0.3, 0.4) is 0 Å². The fraction of sp³-hybridized carbons (Fsp3) is 0.650. The number of benzene rings is 1. The summed E-state index contributed by atoms with van der Waals surface area (Å²) in [5.74, 6) is -6.61. The van der Waals surface area contributed by atoms with Gasteiger partial charge in [-0.2, -0.15) is 12.0 Å². The van der Waals surface area contributed by atoms with Crippen molar-refractivity contribution in [1.82, 2.24) is 0 Å². The second-order valence-corrected chi connectivity index (χ2v) is 13.0. The standard InChI is InChI=1S/C8H4F4.2C6H15P.FH.Rh/c1-2-4-3-5(9)7(11)8(12)6(4)10;2*1-4-7(5-2)6-3;;/h1-2H2;2*4-6H2,1-3H3;1H;/q-2;;;;+3/p+1. The molecule has 0 saturated heterocycles. The summed E-state index contributed by atoms with van der Waals surface area (Å²) in [4.78, 5) is 0. The Bertz CT molecular complexity index is 459. The Morgan fingerprint density at radius 2 is 1.00 bits per heavy atom. The van der Waals surface area contributed by atoms with Crippen molar-refractivity contribution in [3.63, 3.8) is 0 Å². The number of rotatable bonds is 7. The van der Waals surface area contributed by atoms with Gasteiger partial charge in [0.1, 0.15) is 0 Å². The van der Waals surface area contributed by atoms with E-state index < -0.39 is 28.8 Å². The Morgan fingerprint density at radius 3 is 1.21 bits per heavy atom. The molecule has 0 aliphatic carbocycles. The zero-order chi connectivity index (χ0) is 22.7. The Morgan fingerprint density at radius 1 is 0.679 bits per heavy atom. The van der Waals surface area contributed by atoms with Crippen LogP contribution in [0.1, 0.15) is 47.1 Å². The van der Waals surface area contributed by atoms with E-state index in [1.165, 1.54) is 37.0 Å². The topological polar surface area (TPSA) is 0 Å². The minimum atomic E-state index is -1.84. The van der Waals surface area contributed by atoms with Gasteiger partial charge >= 0.3 is 22.1 Å². The fourth-order valence-electron chi connectivity index (χ4n) is 2.24. The van der Waals surface area contributed by atoms with Crippen LogP contribution in [0.15, 0.2) is 0 Å². The van der Waals surface area contributed by atoms with E-state index in [0.717, 1.165) is 18.8 Å². The zero-order valence-electron chi connectivity index (χ0n) is 17.9. The maximum atomic E-state index is 12.6. The number of hydrogen-bond acceptors (Lipinski definition) is 0. The van der Waals surface area contributed by atoms with Gasteiger partial charge in [0.2, 0.25) is 0 Å². The molecule has 0 amide bonds. The molecule has 28 heavy (non-hydrogen) atoms. The molecule has 0 saturated carbocycles. The van der Waals surface area contributed by atoms with E-state index in [0.29, 0.717) is 0 Å². The monoisotopic (exact) mass is 536 g/mol. The van der Waals surface area contributed by atoms with Gasteiger partial charge in [0.25, 0.3) is 0 Å². The average Bonchev–Trinajstić information content (AvgIpc) is 2.74. The molecule has 1 aromatic carbocycles. The second kappa shape index (κ2) is 22.0. The first-order valence-electron chi connectivity index (χ1n) is 9.60. The van der Waals surface area contributed by atoms with E-state index >= 15 is 0 Å². The van der Waals surface area contributed by atoms with E-state index in [1.807, 2.05) is 0 Å². The molecule has 0 aromatic heterocycles. The van der Waals surface area contributed by atoms with E-state index in [4.69, 9.17) is 0 Å². The van der Waals surface area contributed by atoms with Crippen molar-refractivity contribution in [2.75, 3.05) is 37.0 Å². The van der Waals surface area contributed by atoms with Gasteiger partial charge < -0.3 is 6.92 Å². The molecule has 168 valence electrons. The van der Waals surface area contributed by atoms with Crippen molar-refractivity contribution in [3.8, 4) is 0 Å². The van der Waals surface area contributed by atoms with Crippen LogP contribution in [-0.2, 0) is 25.2 Å². The molecule has 8 heteroatoms. The van der Waals surface area contributed by atoms with Crippen molar-refractivity contribution in [2.45, 2.75) is 48.0 Å². The van der Waals surface area contributed by atoms with Gasteiger partial charge in [0.05, 0.1) is 48.6 Å². The first-order chi connectivity index (χ1) is 13.3. The third-order valence-corrected chi connectivity index (χ3v) is 10.4. The summed E-state index contributed by atoms with van der Waals surface area (Å²) < 4.78 is 59.0. The maximum absolute atomic E-state index is 12.6. The van der Waals surface area contributed by atoms with Crippen molar-refractivity contribution in [2.24, 2.45) is 0 Å². The Hall–Kier alpha value is 0.353. The predicted octanol–water partition coefficient (Wildman–Crippen LogP) is 7.36. The van der Waals surface area contributed by atoms with Gasteiger partial charge in [-0.3, -0.25) is 8.78 Å². The summed E-state index contributed by atoms with van der Waals surface area (Å²) in [6.45, 7) is 17.0. The van der Waals surface area contributed by atoms with E-state index in [-0.39, 0.29) is 22.3 Å². The van der Waals surface area contributed by atoms with Crippen molar-refractivity contribution in [1.29, 1.82) is 0 Å². The minimum absolute atomic E-state index is 0.137. The van der Waals surface area contributed by atoms with Crippen LogP contribution in [0.25, 0.3) is 0 Å². The number of hydrogen-bond donors (Lipinski definition) is 0. The quantitative estimate of drug-likeness (QED) is 0.0854. The van der Waals surface area contributed by atoms with Crippen LogP contribution >= 0.6 is 15.8 Å². The van der Waals surface area contributed by atoms with Crippen LogP contribution in [0.2, 0.25) is 0 Å². The van der Waals surface area contributed by atoms with Crippen LogP contribution < -0.4 is 0 Å². The molecule has 1 rings (SSSR count). The molecule has 0 nitrogen and oxygen atoms in total. The van der Waals surface area contributed by atoms with Gasteiger partial charge in [0, 0.05) is 11.6 Å². The molecule has 0 N–H and O–H groups in total. The molecule has 0 heterocycles. The van der Waals surface area contributed by atoms with Crippen LogP contribution in [0.5, 0.6) is 0 Å². The first kappa shape index (κ1) is 33.0. The summed E-state index contributed by atoms with van der Waals surface area (Å²) in [5, 5.41) is 0. The van der Waals surface area contributed by atoms with E-state index in [1.54, 1.807) is 6.07 Å². The third-order valence-electron chi connectivity index (χ3n) is 4.35. The SMILES string of the molecule is CC[PH+](CC)CC.CC[PH+](CC)CC.[CH2-]Cc1[c-]c(F)c(F)c(F)c1F.[F][Rh+2]. The summed E-state index contributed by atoms with van der Waals surface area (Å²) in [6, 6.07) is 1.72. The van der Waals surface area contributed by atoms with Crippen LogP contribution in [0, 0.1) is 36.3 Å². The molecule has 1 aromatic rings. The molecule has 0 spiro atoms. The Labute approximate surface area is 182 Å². The Kier molecular flexibility index (Phi) is 26.0. The molecule has 0 bridgehead atoms. The molecular formula is C20H36F5P2Rh+2. The molecular weight excluding hydrogens is 500 g/mol. The van der Waals surface area contributed by atoms with Gasteiger partial charge in [-0.05, 0) is 57.4 Å². The fourth-order valence-corrected chi connectivity index (χ4v) is 5.24. The Balaban J connectivity index is -0.000000340. The summed E-state index contributed by atoms with van der Waals surface area (Å²) in [5.41, 5.74) is -0.397. The van der Waals surface area contributed by atoms with Crippen LogP contribution in [-0.4, -0.2) is 37.0 Å². The normalized spacial score (nSPS) is 9.82. The molecule has 0 fully saturated rings. The third kappa shape index (κ3) is 14.4. The van der Waals surface area contributed by atoms with Crippen molar-refractivity contribution >= 4 is 15.8 Å². The molecule has 0 aliphatic heterocycles. The van der Waals surface area contributed by atoms with Gasteiger partial charge in [0.15, 0.2) is 0 Å². The van der Waals surface area contributed by atoms with E-state index in [9.17, 15) is 20.9 Å². The van der Waals surface area contributed by atoms with Crippen molar-refractivity contribution < 1.29 is 39.7 Å². The predicted molar refractivity (Wildman–Crippen MR) is 115 cm³/mol. The molecule has 0 atom stereocenters. The zero-order valence-corrected chi connectivity index (χ0v) is 21.5. The summed E-state index contributed by atoms with van der Waals surface area (Å²) in [6.07, 6.45) is 8.56. The molecule has 0 radical (unpaired) electrons. The van der Waals surface area contributed by atoms with Gasteiger partial charge in [-0.15, -0.1) is 6.07 Å². The molecule has 0 aliphatic rings. The van der Waals surface area contributed by atoms with Gasteiger partial charge in [-0.25, -0.2) is 8.78 Å². The summed E-state index contributed by atoms with van der Waals surface area (Å²) >= 11 is 1.05. The van der Waals surface area contributed by atoms with Crippen molar-refractivity contribution in [3.05, 3.63) is 41.8 Å². The molecule has 0 unspecified atom stereocenters. The van der Waals surface area contributed by atoms with E-state index in [2.05, 4.69) is 48.5 Å². The second-order valence-electron chi connectivity index (χ2n) is 5.73. The van der Waals surface area contributed by atoms with Crippen LogP contribution in [0.4, 0.5) is 20.9 Å². The number of halogens is 5. The van der Waals surface area contributed by atoms with Gasteiger partial charge in [-0.1, -0.05) is 0 Å². The average molecular weight is 536 g/mol. The first-order valence-corrected chi connectivity index (χ1v) is 14.5. The summed E-state index contributed by atoms with van der Waals surface area (Å²) in [7, 11) is 0.275.